The summed E-state index contributed by atoms with van der Waals surface area (Å²) < 4.78 is 44.0. The van der Waals surface area contributed by atoms with Crippen LogP contribution in [0.3, 0.4) is 0 Å². The van der Waals surface area contributed by atoms with Gasteiger partial charge in [-0.3, -0.25) is 9.59 Å². The Morgan fingerprint density at radius 2 is 2.00 bits per heavy atom. The van der Waals surface area contributed by atoms with E-state index in [1.54, 1.807) is 30.1 Å². The molecule has 146 valence electrons. The van der Waals surface area contributed by atoms with E-state index in [1.165, 1.54) is 4.90 Å². The summed E-state index contributed by atoms with van der Waals surface area (Å²) in [6.45, 7) is 0.0473. The van der Waals surface area contributed by atoms with E-state index in [2.05, 4.69) is 4.98 Å². The third-order valence-electron chi connectivity index (χ3n) is 5.89. The quantitative estimate of drug-likeness (QED) is 0.688. The molecule has 3 aromatic rings. The van der Waals surface area contributed by atoms with E-state index < -0.39 is 12.1 Å². The Hall–Kier alpha value is -3.48. The average molecular weight is 393 g/mol. The number of H-pyrrole nitrogens is 1. The third kappa shape index (κ3) is 2.24. The molecule has 1 fully saturated rings. The van der Waals surface area contributed by atoms with Crippen molar-refractivity contribution in [2.24, 2.45) is 0 Å². The number of nitrogens with zero attached hydrogens (tertiary/aromatic N) is 2. The molecule has 0 aliphatic carbocycles. The zero-order chi connectivity index (χ0) is 23.2. The fourth-order valence-electron chi connectivity index (χ4n) is 4.58. The molecular weight excluding hydrogens is 370 g/mol. The smallest absolute Gasteiger partial charge is 0.245 e. The van der Waals surface area contributed by atoms with Crippen molar-refractivity contribution in [3.05, 3.63) is 59.2 Å². The Bertz CT molecular complexity index is 1390. The Morgan fingerprint density at radius 3 is 2.90 bits per heavy atom. The minimum atomic E-state index is -0.781. The van der Waals surface area contributed by atoms with Crippen molar-refractivity contribution < 1.29 is 24.5 Å². The standard InChI is InChI=1S/C22H19N3O4/c1-24-10-19(26)25-16(22(24)27)9-14-13-4-2-3-5-15(13)23-20(14)21(25)12-6-7-17-18(8-12)29-11-28-17/h2-8,16,21,23H,9-11H2,1H3/t16-,21?/m1/s1/i2D,3D,4D,5D. The average Bonchev–Trinajstić information content (AvgIpc) is 3.42. The molecule has 6 rings (SSSR count). The molecule has 29 heavy (non-hydrogen) atoms. The van der Waals surface area contributed by atoms with Gasteiger partial charge in [0.1, 0.15) is 6.04 Å². The minimum Gasteiger partial charge on any atom is -0.454 e. The number of nitrogens with one attached hydrogen (secondary N) is 1. The SMILES string of the molecule is [2H]c1c([2H])c([2H])c2c3c([nH]c2c1[2H])C(c1ccc2c(c1)OCO2)N1C(=O)CN(C)C(=O)[C@H]1C3. The van der Waals surface area contributed by atoms with Crippen molar-refractivity contribution in [2.75, 3.05) is 20.4 Å². The number of likely N-dealkylation sites (N-methyl/N-ethyl adjacent to an activating group) is 1. The number of hydrogen-bond donors (Lipinski definition) is 1. The maximum Gasteiger partial charge on any atom is 0.245 e. The van der Waals surface area contributed by atoms with Crippen molar-refractivity contribution >= 4 is 22.7 Å². The van der Waals surface area contributed by atoms with Gasteiger partial charge in [0.25, 0.3) is 0 Å². The van der Waals surface area contributed by atoms with Gasteiger partial charge in [0.15, 0.2) is 11.5 Å². The number of benzene rings is 2. The van der Waals surface area contributed by atoms with Gasteiger partial charge in [-0.15, -0.1) is 0 Å². The second-order valence-electron chi connectivity index (χ2n) is 7.50. The molecule has 7 heteroatoms. The van der Waals surface area contributed by atoms with Gasteiger partial charge in [0, 0.05) is 30.1 Å². The van der Waals surface area contributed by atoms with Gasteiger partial charge in [0.05, 0.1) is 18.1 Å². The van der Waals surface area contributed by atoms with E-state index in [0.29, 0.717) is 33.7 Å². The van der Waals surface area contributed by atoms with Crippen LogP contribution in [0.5, 0.6) is 11.5 Å². The summed E-state index contributed by atoms with van der Waals surface area (Å²) in [5.41, 5.74) is 2.16. The van der Waals surface area contributed by atoms with Crippen molar-refractivity contribution in [1.29, 1.82) is 0 Å². The van der Waals surface area contributed by atoms with Crippen molar-refractivity contribution in [1.82, 2.24) is 14.8 Å². The van der Waals surface area contributed by atoms with Gasteiger partial charge in [-0.05, 0) is 29.3 Å². The summed E-state index contributed by atoms with van der Waals surface area (Å²) in [4.78, 5) is 32.5. The summed E-state index contributed by atoms with van der Waals surface area (Å²) in [7, 11) is 1.59. The molecule has 2 amide bonds. The predicted octanol–water partition coefficient (Wildman–Crippen LogP) is 2.21. The number of carbonyl (C=O) groups excluding carboxylic acids is 2. The number of piperazine rings is 1. The first-order valence-corrected chi connectivity index (χ1v) is 9.34. The van der Waals surface area contributed by atoms with E-state index in [1.807, 2.05) is 0 Å². The van der Waals surface area contributed by atoms with Crippen LogP contribution in [-0.2, 0) is 16.0 Å². The largest absolute Gasteiger partial charge is 0.454 e. The van der Waals surface area contributed by atoms with Gasteiger partial charge >= 0.3 is 0 Å². The van der Waals surface area contributed by atoms with Crippen LogP contribution >= 0.6 is 0 Å². The number of carbonyl (C=O) groups is 2. The second kappa shape index (κ2) is 5.76. The maximum atomic E-state index is 13.2. The molecule has 0 radical (unpaired) electrons. The highest BCUT2D eigenvalue weighted by Crippen LogP contribution is 2.44. The van der Waals surface area contributed by atoms with Crippen molar-refractivity contribution in [3.63, 3.8) is 0 Å². The zero-order valence-electron chi connectivity index (χ0n) is 19.5. The summed E-state index contributed by atoms with van der Waals surface area (Å²) in [6.07, 6.45) is 0.160. The van der Waals surface area contributed by atoms with Crippen LogP contribution < -0.4 is 9.47 Å². The van der Waals surface area contributed by atoms with Crippen LogP contribution in [0.4, 0.5) is 0 Å². The molecule has 4 heterocycles. The molecule has 1 saturated heterocycles. The number of para-hydroxylation sites is 1. The maximum absolute atomic E-state index is 13.2. The number of rotatable bonds is 1. The van der Waals surface area contributed by atoms with Crippen LogP contribution in [0.1, 0.15) is 28.3 Å². The van der Waals surface area contributed by atoms with Crippen molar-refractivity contribution in [2.45, 2.75) is 18.5 Å². The normalized spacial score (nSPS) is 24.7. The molecule has 0 saturated carbocycles. The number of aromatic amines is 1. The molecular formula is C22H19N3O4. The van der Waals surface area contributed by atoms with Gasteiger partial charge < -0.3 is 24.3 Å². The monoisotopic (exact) mass is 393 g/mol. The Morgan fingerprint density at radius 1 is 1.17 bits per heavy atom. The first-order valence-electron chi connectivity index (χ1n) is 11.3. The lowest BCUT2D eigenvalue weighted by Gasteiger charge is -2.46. The predicted molar refractivity (Wildman–Crippen MR) is 105 cm³/mol. The van der Waals surface area contributed by atoms with Crippen molar-refractivity contribution in [3.8, 4) is 11.5 Å². The molecule has 0 bridgehead atoms. The van der Waals surface area contributed by atoms with Gasteiger partial charge in [0.2, 0.25) is 18.6 Å². The topological polar surface area (TPSA) is 74.9 Å². The first-order chi connectivity index (χ1) is 15.8. The van der Waals surface area contributed by atoms with E-state index >= 15 is 0 Å². The molecule has 1 aromatic heterocycles. The summed E-state index contributed by atoms with van der Waals surface area (Å²) >= 11 is 0. The highest BCUT2D eigenvalue weighted by atomic mass is 16.7. The number of aromatic nitrogens is 1. The molecule has 1 unspecified atom stereocenters. The Kier molecular flexibility index (Phi) is 2.56. The lowest BCUT2D eigenvalue weighted by Crippen LogP contribution is -2.62. The lowest BCUT2D eigenvalue weighted by atomic mass is 9.86. The third-order valence-corrected chi connectivity index (χ3v) is 5.89. The number of amides is 2. The Balaban J connectivity index is 1.65. The molecule has 3 aliphatic rings. The van der Waals surface area contributed by atoms with E-state index in [-0.39, 0.29) is 61.3 Å². The molecule has 0 spiro atoms. The molecule has 7 nitrogen and oxygen atoms in total. The number of ether oxygens (including phenoxy) is 2. The zero-order valence-corrected chi connectivity index (χ0v) is 15.5. The second-order valence-corrected chi connectivity index (χ2v) is 7.50. The summed E-state index contributed by atoms with van der Waals surface area (Å²) in [6, 6.07) is 2.85. The summed E-state index contributed by atoms with van der Waals surface area (Å²) in [5.74, 6) is 0.697. The fourth-order valence-corrected chi connectivity index (χ4v) is 4.58. The minimum absolute atomic E-state index is 0.0485. The van der Waals surface area contributed by atoms with Gasteiger partial charge in [-0.2, -0.15) is 0 Å². The van der Waals surface area contributed by atoms with Crippen LogP contribution in [0.25, 0.3) is 10.9 Å². The van der Waals surface area contributed by atoms with E-state index in [9.17, 15) is 9.59 Å². The van der Waals surface area contributed by atoms with Crippen LogP contribution in [-0.4, -0.2) is 53.0 Å². The molecule has 3 aliphatic heterocycles. The van der Waals surface area contributed by atoms with E-state index in [0.717, 1.165) is 0 Å². The highest BCUT2D eigenvalue weighted by molar-refractivity contribution is 5.97. The molecule has 2 aromatic carbocycles. The lowest BCUT2D eigenvalue weighted by molar-refractivity contribution is -0.157. The number of fused-ring (bicyclic) bond motifs is 5. The molecule has 1 N–H and O–H groups in total. The molecule has 2 atom stereocenters. The van der Waals surface area contributed by atoms with E-state index in [4.69, 9.17) is 15.0 Å². The van der Waals surface area contributed by atoms with Gasteiger partial charge in [-0.25, -0.2) is 0 Å². The highest BCUT2D eigenvalue weighted by Gasteiger charge is 2.47. The van der Waals surface area contributed by atoms with Crippen LogP contribution in [0.15, 0.2) is 42.4 Å². The number of hydrogen-bond acceptors (Lipinski definition) is 4. The first kappa shape index (κ1) is 12.9. The fraction of sp³-hybridized carbons (Fsp3) is 0.273. The van der Waals surface area contributed by atoms with Crippen LogP contribution in [0, 0.1) is 0 Å². The summed E-state index contributed by atoms with van der Waals surface area (Å²) in [5, 5.41) is 0.356. The Labute approximate surface area is 172 Å². The van der Waals surface area contributed by atoms with Gasteiger partial charge in [-0.1, -0.05) is 24.2 Å². The van der Waals surface area contributed by atoms with Crippen LogP contribution in [0.2, 0.25) is 0 Å².